The predicted molar refractivity (Wildman–Crippen MR) is 44.7 cm³/mol. The van der Waals surface area contributed by atoms with E-state index in [1.165, 1.54) is 0 Å². The number of ether oxygens (including phenoxy) is 1. The Labute approximate surface area is 63.3 Å². The van der Waals surface area contributed by atoms with E-state index in [1.54, 1.807) is 7.11 Å². The van der Waals surface area contributed by atoms with Gasteiger partial charge in [-0.1, -0.05) is 6.92 Å². The molecule has 0 saturated carbocycles. The Bertz CT molecular complexity index is 110. The van der Waals surface area contributed by atoms with Gasteiger partial charge in [0.1, 0.15) is 0 Å². The van der Waals surface area contributed by atoms with Crippen molar-refractivity contribution in [2.45, 2.75) is 38.8 Å². The highest BCUT2D eigenvalue weighted by Crippen LogP contribution is 2.18. The van der Waals surface area contributed by atoms with E-state index in [1.807, 2.05) is 13.8 Å². The van der Waals surface area contributed by atoms with Crippen molar-refractivity contribution in [2.75, 3.05) is 7.11 Å². The van der Waals surface area contributed by atoms with E-state index in [2.05, 4.69) is 18.6 Å². The quantitative estimate of drug-likeness (QED) is 0.551. The first kappa shape index (κ1) is 9.63. The molecule has 0 aliphatic carbocycles. The van der Waals surface area contributed by atoms with Crippen molar-refractivity contribution >= 4 is 6.72 Å². The molecular formula is C8H17NO. The lowest BCUT2D eigenvalue weighted by atomic mass is 9.97. The third-order valence-corrected chi connectivity index (χ3v) is 1.94. The molecule has 0 saturated heterocycles. The molecular weight excluding hydrogens is 126 g/mol. The monoisotopic (exact) mass is 143 g/mol. The van der Waals surface area contributed by atoms with Gasteiger partial charge in [-0.2, -0.15) is 0 Å². The highest BCUT2D eigenvalue weighted by Gasteiger charge is 2.26. The molecule has 0 aliphatic rings. The zero-order valence-corrected chi connectivity index (χ0v) is 7.35. The largest absolute Gasteiger partial charge is 0.377 e. The van der Waals surface area contributed by atoms with Gasteiger partial charge >= 0.3 is 0 Å². The lowest BCUT2D eigenvalue weighted by Crippen LogP contribution is -2.36. The number of rotatable bonds is 4. The highest BCUT2D eigenvalue weighted by atomic mass is 16.5. The number of aliphatic imine (C=N–C) groups is 1. The van der Waals surface area contributed by atoms with Crippen LogP contribution in [0.25, 0.3) is 0 Å². The Hall–Kier alpha value is -0.370. The van der Waals surface area contributed by atoms with Crippen molar-refractivity contribution in [3.8, 4) is 0 Å². The standard InChI is InChI=1S/C8H17NO/c1-6-7(9-4)8(2,3)10-5/h7H,4,6H2,1-3,5H3/t7-/m1/s1. The van der Waals surface area contributed by atoms with E-state index in [-0.39, 0.29) is 11.6 Å². The second-order valence-corrected chi connectivity index (χ2v) is 2.91. The predicted octanol–water partition coefficient (Wildman–Crippen LogP) is 1.89. The van der Waals surface area contributed by atoms with Gasteiger partial charge in [0.15, 0.2) is 0 Å². The van der Waals surface area contributed by atoms with Crippen LogP contribution in [0.5, 0.6) is 0 Å². The van der Waals surface area contributed by atoms with E-state index in [9.17, 15) is 0 Å². The average Bonchev–Trinajstić information content (AvgIpc) is 1.90. The topological polar surface area (TPSA) is 21.6 Å². The molecule has 0 rings (SSSR count). The van der Waals surface area contributed by atoms with Crippen LogP contribution in [0.15, 0.2) is 4.99 Å². The maximum atomic E-state index is 5.25. The molecule has 0 bridgehead atoms. The molecule has 2 nitrogen and oxygen atoms in total. The SMILES string of the molecule is C=N[C@H](CC)C(C)(C)OC. The Balaban J connectivity index is 4.10. The van der Waals surface area contributed by atoms with Crippen LogP contribution in [0, 0.1) is 0 Å². The lowest BCUT2D eigenvalue weighted by molar-refractivity contribution is 0.000798. The molecule has 1 atom stereocenters. The summed E-state index contributed by atoms with van der Waals surface area (Å²) in [5, 5.41) is 0. The molecule has 0 aromatic heterocycles. The summed E-state index contributed by atoms with van der Waals surface area (Å²) in [7, 11) is 1.70. The Morgan fingerprint density at radius 1 is 1.60 bits per heavy atom. The summed E-state index contributed by atoms with van der Waals surface area (Å²) >= 11 is 0. The Morgan fingerprint density at radius 3 is 2.20 bits per heavy atom. The van der Waals surface area contributed by atoms with E-state index in [4.69, 9.17) is 4.74 Å². The smallest absolute Gasteiger partial charge is 0.0844 e. The van der Waals surface area contributed by atoms with Crippen molar-refractivity contribution in [1.82, 2.24) is 0 Å². The van der Waals surface area contributed by atoms with E-state index >= 15 is 0 Å². The van der Waals surface area contributed by atoms with Gasteiger partial charge in [0.25, 0.3) is 0 Å². The number of methoxy groups -OCH3 is 1. The first-order valence-electron chi connectivity index (χ1n) is 3.59. The highest BCUT2D eigenvalue weighted by molar-refractivity contribution is 5.24. The van der Waals surface area contributed by atoms with E-state index in [0.717, 1.165) is 6.42 Å². The minimum absolute atomic E-state index is 0.170. The van der Waals surface area contributed by atoms with Gasteiger partial charge in [0.05, 0.1) is 11.6 Å². The van der Waals surface area contributed by atoms with Crippen LogP contribution in [0.1, 0.15) is 27.2 Å². The minimum atomic E-state index is -0.170. The van der Waals surface area contributed by atoms with E-state index < -0.39 is 0 Å². The molecule has 0 aromatic rings. The number of hydrogen-bond acceptors (Lipinski definition) is 2. The summed E-state index contributed by atoms with van der Waals surface area (Å²) in [5.74, 6) is 0. The molecule has 0 aromatic carbocycles. The summed E-state index contributed by atoms with van der Waals surface area (Å²) in [6.45, 7) is 9.65. The molecule has 0 radical (unpaired) electrons. The zero-order chi connectivity index (χ0) is 8.20. The summed E-state index contributed by atoms with van der Waals surface area (Å²) in [4.78, 5) is 3.97. The van der Waals surface area contributed by atoms with Crippen molar-refractivity contribution in [3.63, 3.8) is 0 Å². The van der Waals surface area contributed by atoms with Crippen LogP contribution in [0.3, 0.4) is 0 Å². The van der Waals surface area contributed by atoms with Crippen LogP contribution in [0.4, 0.5) is 0 Å². The number of hydrogen-bond donors (Lipinski definition) is 0. The Kier molecular flexibility index (Phi) is 3.58. The van der Waals surface area contributed by atoms with Crippen LogP contribution in [-0.4, -0.2) is 25.5 Å². The van der Waals surface area contributed by atoms with Gasteiger partial charge in [-0.3, -0.25) is 4.99 Å². The molecule has 0 unspecified atom stereocenters. The fourth-order valence-corrected chi connectivity index (χ4v) is 0.977. The van der Waals surface area contributed by atoms with Gasteiger partial charge in [-0.25, -0.2) is 0 Å². The van der Waals surface area contributed by atoms with Gasteiger partial charge < -0.3 is 4.74 Å². The van der Waals surface area contributed by atoms with Crippen LogP contribution in [-0.2, 0) is 4.74 Å². The molecule has 0 heterocycles. The molecule has 0 fully saturated rings. The van der Waals surface area contributed by atoms with Gasteiger partial charge in [-0.15, -0.1) is 0 Å². The minimum Gasteiger partial charge on any atom is -0.377 e. The van der Waals surface area contributed by atoms with Crippen molar-refractivity contribution in [1.29, 1.82) is 0 Å². The maximum Gasteiger partial charge on any atom is 0.0844 e. The summed E-state index contributed by atoms with van der Waals surface area (Å²) in [6, 6.07) is 0.206. The van der Waals surface area contributed by atoms with Crippen LogP contribution in [0.2, 0.25) is 0 Å². The summed E-state index contributed by atoms with van der Waals surface area (Å²) in [5.41, 5.74) is -0.170. The molecule has 0 spiro atoms. The molecule has 0 N–H and O–H groups in total. The summed E-state index contributed by atoms with van der Waals surface area (Å²) in [6.07, 6.45) is 0.977. The van der Waals surface area contributed by atoms with Gasteiger partial charge in [-0.05, 0) is 27.0 Å². The van der Waals surface area contributed by atoms with Crippen molar-refractivity contribution in [2.24, 2.45) is 4.99 Å². The van der Waals surface area contributed by atoms with Crippen molar-refractivity contribution < 1.29 is 4.74 Å². The van der Waals surface area contributed by atoms with Gasteiger partial charge in [0, 0.05) is 7.11 Å². The fourth-order valence-electron chi connectivity index (χ4n) is 0.977. The van der Waals surface area contributed by atoms with Crippen molar-refractivity contribution in [3.05, 3.63) is 0 Å². The molecule has 60 valence electrons. The fraction of sp³-hybridized carbons (Fsp3) is 0.875. The first-order valence-corrected chi connectivity index (χ1v) is 3.59. The van der Waals surface area contributed by atoms with Crippen LogP contribution >= 0.6 is 0 Å². The van der Waals surface area contributed by atoms with E-state index in [0.29, 0.717) is 0 Å². The van der Waals surface area contributed by atoms with Crippen LogP contribution < -0.4 is 0 Å². The average molecular weight is 143 g/mol. The number of nitrogens with zero attached hydrogens (tertiary/aromatic N) is 1. The molecule has 10 heavy (non-hydrogen) atoms. The molecule has 0 aliphatic heterocycles. The van der Waals surface area contributed by atoms with Gasteiger partial charge in [0.2, 0.25) is 0 Å². The third-order valence-electron chi connectivity index (χ3n) is 1.94. The molecule has 0 amide bonds. The second-order valence-electron chi connectivity index (χ2n) is 2.91. The first-order chi connectivity index (χ1) is 4.58. The maximum absolute atomic E-state index is 5.25. The normalized spacial score (nSPS) is 14.8. The lowest BCUT2D eigenvalue weighted by Gasteiger charge is -2.28. The Morgan fingerprint density at radius 2 is 2.10 bits per heavy atom. The zero-order valence-electron chi connectivity index (χ0n) is 7.35. The third kappa shape index (κ3) is 2.10. The summed E-state index contributed by atoms with van der Waals surface area (Å²) < 4.78 is 5.25. The molecule has 2 heteroatoms. The second kappa shape index (κ2) is 3.71.